The van der Waals surface area contributed by atoms with Crippen LogP contribution < -0.4 is 10.6 Å². The molecule has 1 heterocycles. The van der Waals surface area contributed by atoms with Crippen molar-refractivity contribution in [3.05, 3.63) is 5.82 Å². The molecular formula is C9H14N4OS. The van der Waals surface area contributed by atoms with Gasteiger partial charge in [0.05, 0.1) is 0 Å². The predicted octanol–water partition coefficient (Wildman–Crippen LogP) is 0.962. The molecule has 82 valence electrons. The average molecular weight is 226 g/mol. The number of carbonyl (C=O) groups is 1. The van der Waals surface area contributed by atoms with E-state index in [0.717, 1.165) is 11.0 Å². The third-order valence-corrected chi connectivity index (χ3v) is 3.02. The van der Waals surface area contributed by atoms with Gasteiger partial charge in [0.2, 0.25) is 11.0 Å². The van der Waals surface area contributed by atoms with Crippen LogP contribution in [0.3, 0.4) is 0 Å². The maximum Gasteiger partial charge on any atom is 0.242 e. The van der Waals surface area contributed by atoms with Gasteiger partial charge in [0.1, 0.15) is 11.9 Å². The highest BCUT2D eigenvalue weighted by molar-refractivity contribution is 7.09. The summed E-state index contributed by atoms with van der Waals surface area (Å²) in [5.74, 6) is 1.44. The summed E-state index contributed by atoms with van der Waals surface area (Å²) >= 11 is 1.32. The summed E-state index contributed by atoms with van der Waals surface area (Å²) in [6.45, 7) is 1.80. The highest BCUT2D eigenvalue weighted by Crippen LogP contribution is 2.39. The van der Waals surface area contributed by atoms with Crippen molar-refractivity contribution in [2.75, 3.05) is 12.4 Å². The molecule has 1 aliphatic carbocycles. The fourth-order valence-corrected chi connectivity index (χ4v) is 2.00. The van der Waals surface area contributed by atoms with Crippen molar-refractivity contribution in [2.24, 2.45) is 0 Å². The van der Waals surface area contributed by atoms with Crippen molar-refractivity contribution < 1.29 is 4.79 Å². The Hall–Kier alpha value is -1.17. The lowest BCUT2D eigenvalue weighted by Gasteiger charge is -2.09. The molecule has 5 nitrogen and oxygen atoms in total. The Balaban J connectivity index is 1.94. The molecular weight excluding hydrogens is 212 g/mol. The number of rotatable bonds is 4. The van der Waals surface area contributed by atoms with Crippen LogP contribution in [0.15, 0.2) is 0 Å². The van der Waals surface area contributed by atoms with Crippen molar-refractivity contribution in [1.29, 1.82) is 0 Å². The molecule has 2 rings (SSSR count). The molecule has 0 unspecified atom stereocenters. The van der Waals surface area contributed by atoms with E-state index < -0.39 is 0 Å². The Bertz CT molecular complexity index is 361. The molecule has 1 fully saturated rings. The molecule has 0 aromatic carbocycles. The second-order valence-corrected chi connectivity index (χ2v) is 4.46. The number of aromatic nitrogens is 2. The number of nitrogens with one attached hydrogen (secondary N) is 2. The van der Waals surface area contributed by atoms with Gasteiger partial charge in [-0.3, -0.25) is 4.79 Å². The van der Waals surface area contributed by atoms with E-state index >= 15 is 0 Å². The van der Waals surface area contributed by atoms with Gasteiger partial charge < -0.3 is 10.6 Å². The molecule has 1 aromatic heterocycles. The fraction of sp³-hybridized carbons (Fsp3) is 0.667. The molecule has 0 radical (unpaired) electrons. The summed E-state index contributed by atoms with van der Waals surface area (Å²) in [6.07, 6.45) is 2.39. The first-order valence-electron chi connectivity index (χ1n) is 5.02. The molecule has 1 aromatic rings. The molecule has 0 aliphatic heterocycles. The molecule has 0 saturated heterocycles. The van der Waals surface area contributed by atoms with Gasteiger partial charge in [-0.1, -0.05) is 0 Å². The van der Waals surface area contributed by atoms with Crippen LogP contribution in [0.5, 0.6) is 0 Å². The Morgan fingerprint density at radius 1 is 1.60 bits per heavy atom. The average Bonchev–Trinajstić information content (AvgIpc) is 2.99. The van der Waals surface area contributed by atoms with Gasteiger partial charge in [-0.15, -0.1) is 0 Å². The van der Waals surface area contributed by atoms with Gasteiger partial charge in [0, 0.05) is 24.5 Å². The van der Waals surface area contributed by atoms with Crippen LogP contribution in [0.25, 0.3) is 0 Å². The summed E-state index contributed by atoms with van der Waals surface area (Å²) in [6, 6.07) is -0.269. The lowest BCUT2D eigenvalue weighted by atomic mass is 10.3. The number of anilines is 1. The number of likely N-dealkylation sites (N-methyl/N-ethyl adjacent to an activating group) is 1. The monoisotopic (exact) mass is 226 g/mol. The number of hydrogen-bond donors (Lipinski definition) is 2. The fourth-order valence-electron chi connectivity index (χ4n) is 1.27. The van der Waals surface area contributed by atoms with Crippen LogP contribution >= 0.6 is 11.5 Å². The lowest BCUT2D eigenvalue weighted by Crippen LogP contribution is -2.35. The maximum atomic E-state index is 11.3. The van der Waals surface area contributed by atoms with Crippen LogP contribution in [0.4, 0.5) is 5.13 Å². The Labute approximate surface area is 92.5 Å². The molecule has 1 atom stereocenters. The van der Waals surface area contributed by atoms with Crippen molar-refractivity contribution in [1.82, 2.24) is 14.7 Å². The van der Waals surface area contributed by atoms with Crippen LogP contribution in [0.2, 0.25) is 0 Å². The molecule has 6 heteroatoms. The molecule has 0 bridgehead atoms. The third kappa shape index (κ3) is 2.44. The largest absolute Gasteiger partial charge is 0.357 e. The molecule has 1 amide bonds. The van der Waals surface area contributed by atoms with Crippen LogP contribution in [0.1, 0.15) is 31.5 Å². The normalized spacial score (nSPS) is 17.2. The van der Waals surface area contributed by atoms with Gasteiger partial charge in [-0.2, -0.15) is 4.37 Å². The summed E-state index contributed by atoms with van der Waals surface area (Å²) in [5.41, 5.74) is 0. The van der Waals surface area contributed by atoms with E-state index in [1.54, 1.807) is 14.0 Å². The van der Waals surface area contributed by atoms with Gasteiger partial charge >= 0.3 is 0 Å². The minimum Gasteiger partial charge on any atom is -0.357 e. The number of nitrogens with zero attached hydrogens (tertiary/aromatic N) is 2. The van der Waals surface area contributed by atoms with E-state index in [1.165, 1.54) is 24.4 Å². The Morgan fingerprint density at radius 2 is 2.33 bits per heavy atom. The van der Waals surface area contributed by atoms with Crippen LogP contribution in [0, 0.1) is 0 Å². The van der Waals surface area contributed by atoms with E-state index in [1.807, 2.05) is 0 Å². The van der Waals surface area contributed by atoms with E-state index in [2.05, 4.69) is 20.0 Å². The molecule has 1 saturated carbocycles. The lowest BCUT2D eigenvalue weighted by molar-refractivity contribution is -0.121. The van der Waals surface area contributed by atoms with E-state index in [-0.39, 0.29) is 11.9 Å². The maximum absolute atomic E-state index is 11.3. The molecule has 1 aliphatic rings. The Morgan fingerprint density at radius 3 is 2.93 bits per heavy atom. The summed E-state index contributed by atoms with van der Waals surface area (Å²) in [5, 5.41) is 6.34. The van der Waals surface area contributed by atoms with E-state index in [0.29, 0.717) is 5.92 Å². The first kappa shape index (κ1) is 10.4. The zero-order valence-corrected chi connectivity index (χ0v) is 9.60. The smallest absolute Gasteiger partial charge is 0.242 e. The highest BCUT2D eigenvalue weighted by Gasteiger charge is 2.28. The van der Waals surface area contributed by atoms with Crippen LogP contribution in [-0.4, -0.2) is 28.4 Å². The van der Waals surface area contributed by atoms with Gasteiger partial charge in [-0.05, 0) is 19.8 Å². The zero-order valence-electron chi connectivity index (χ0n) is 8.78. The number of amides is 1. The Kier molecular flexibility index (Phi) is 2.86. The number of hydrogen-bond acceptors (Lipinski definition) is 5. The topological polar surface area (TPSA) is 66.9 Å². The zero-order chi connectivity index (χ0) is 10.8. The van der Waals surface area contributed by atoms with Crippen molar-refractivity contribution in [3.8, 4) is 0 Å². The minimum absolute atomic E-state index is 0.0434. The third-order valence-electron chi connectivity index (χ3n) is 2.36. The SMILES string of the molecule is CNC(=O)[C@@H](C)Nc1nc(C2CC2)ns1. The second kappa shape index (κ2) is 4.14. The van der Waals surface area contributed by atoms with E-state index in [9.17, 15) is 4.79 Å². The standard InChI is InChI=1S/C9H14N4OS/c1-5(8(14)10-2)11-9-12-7(13-15-9)6-3-4-6/h5-6H,3-4H2,1-2H3,(H,10,14)(H,11,12,13)/t5-/m1/s1. The van der Waals surface area contributed by atoms with Gasteiger partial charge in [0.25, 0.3) is 0 Å². The molecule has 0 spiro atoms. The quantitative estimate of drug-likeness (QED) is 0.802. The van der Waals surface area contributed by atoms with Gasteiger partial charge in [-0.25, -0.2) is 4.98 Å². The van der Waals surface area contributed by atoms with Crippen molar-refractivity contribution in [3.63, 3.8) is 0 Å². The number of carbonyl (C=O) groups excluding carboxylic acids is 1. The predicted molar refractivity (Wildman–Crippen MR) is 59.0 cm³/mol. The molecule has 2 N–H and O–H groups in total. The first-order valence-corrected chi connectivity index (χ1v) is 5.79. The highest BCUT2D eigenvalue weighted by atomic mass is 32.1. The summed E-state index contributed by atoms with van der Waals surface area (Å²) < 4.78 is 4.25. The molecule has 15 heavy (non-hydrogen) atoms. The van der Waals surface area contributed by atoms with Gasteiger partial charge in [0.15, 0.2) is 0 Å². The first-order chi connectivity index (χ1) is 7.20. The van der Waals surface area contributed by atoms with Crippen LogP contribution in [-0.2, 0) is 4.79 Å². The summed E-state index contributed by atoms with van der Waals surface area (Å²) in [4.78, 5) is 15.6. The second-order valence-electron chi connectivity index (χ2n) is 3.71. The van der Waals surface area contributed by atoms with Crippen molar-refractivity contribution in [2.45, 2.75) is 31.7 Å². The van der Waals surface area contributed by atoms with E-state index in [4.69, 9.17) is 0 Å². The minimum atomic E-state index is -0.269. The van der Waals surface area contributed by atoms with Crippen molar-refractivity contribution >= 4 is 22.6 Å². The summed E-state index contributed by atoms with van der Waals surface area (Å²) in [7, 11) is 1.62.